The van der Waals surface area contributed by atoms with Gasteiger partial charge in [-0.25, -0.2) is 4.79 Å². The van der Waals surface area contributed by atoms with Crippen LogP contribution in [0.15, 0.2) is 11.6 Å². The molecule has 20 heavy (non-hydrogen) atoms. The van der Waals surface area contributed by atoms with E-state index in [1.807, 2.05) is 0 Å². The Hall–Kier alpha value is -1.13. The molecule has 0 spiro atoms. The number of hydrogen-bond acceptors (Lipinski definition) is 3. The average molecular weight is 306 g/mol. The lowest BCUT2D eigenvalue weighted by Gasteiger charge is -2.15. The minimum atomic E-state index is -3.52. The van der Waals surface area contributed by atoms with Crippen LogP contribution in [-0.2, 0) is 14.2 Å². The fraction of sp³-hybridized carbons (Fsp3) is 0.692. The van der Waals surface area contributed by atoms with Gasteiger partial charge in [-0.1, -0.05) is 26.8 Å². The Morgan fingerprint density at radius 3 is 2.15 bits per heavy atom. The van der Waals surface area contributed by atoms with Crippen LogP contribution in [0.3, 0.4) is 0 Å². The van der Waals surface area contributed by atoms with Crippen LogP contribution in [0.25, 0.3) is 0 Å². The Balaban J connectivity index is 4.84. The molecule has 0 saturated heterocycles. The molecular weight excluding hydrogens is 283 g/mol. The lowest BCUT2D eigenvalue weighted by molar-refractivity contribution is -0.137. The minimum absolute atomic E-state index is 0.00492. The second-order valence-electron chi connectivity index (χ2n) is 5.49. The summed E-state index contributed by atoms with van der Waals surface area (Å²) in [5.74, 6) is -2.44. The molecule has 0 aromatic heterocycles. The summed E-state index contributed by atoms with van der Waals surface area (Å²) in [4.78, 5) is 31.4. The maximum Gasteiger partial charge on any atom is 0.331 e. The van der Waals surface area contributed by atoms with Crippen molar-refractivity contribution in [2.75, 3.05) is 12.3 Å². The molecule has 0 aromatic rings. The van der Waals surface area contributed by atoms with E-state index < -0.39 is 19.3 Å². The molecule has 2 unspecified atom stereocenters. The second-order valence-corrected chi connectivity index (χ2v) is 7.86. The van der Waals surface area contributed by atoms with Crippen LogP contribution in [0.1, 0.15) is 33.6 Å². The van der Waals surface area contributed by atoms with E-state index in [0.717, 1.165) is 0 Å². The largest absolute Gasteiger partial charge is 0.481 e. The lowest BCUT2D eigenvalue weighted by atomic mass is 10.0. The Bertz CT molecular complexity index is 427. The van der Waals surface area contributed by atoms with E-state index in [1.54, 1.807) is 20.8 Å². The summed E-state index contributed by atoms with van der Waals surface area (Å²) in [7, 11) is -3.52. The molecular formula is C13H23O6P. The van der Waals surface area contributed by atoms with Gasteiger partial charge in [0.25, 0.3) is 0 Å². The van der Waals surface area contributed by atoms with Gasteiger partial charge in [0.05, 0.1) is 6.16 Å². The molecule has 0 saturated carbocycles. The van der Waals surface area contributed by atoms with Crippen molar-refractivity contribution in [1.82, 2.24) is 0 Å². The van der Waals surface area contributed by atoms with E-state index >= 15 is 0 Å². The average Bonchev–Trinajstić information content (AvgIpc) is 2.23. The number of carboxylic acid groups (broad SMARTS) is 2. The van der Waals surface area contributed by atoms with E-state index in [1.165, 1.54) is 6.08 Å². The number of aliphatic carboxylic acids is 2. The highest BCUT2D eigenvalue weighted by atomic mass is 31.2. The van der Waals surface area contributed by atoms with Crippen molar-refractivity contribution in [3.63, 3.8) is 0 Å². The van der Waals surface area contributed by atoms with E-state index in [0.29, 0.717) is 6.42 Å². The zero-order valence-electron chi connectivity index (χ0n) is 12.1. The summed E-state index contributed by atoms with van der Waals surface area (Å²) in [6.07, 6.45) is 1.31. The number of allylic oxidation sites excluding steroid dienone is 1. The summed E-state index contributed by atoms with van der Waals surface area (Å²) in [5, 5.41) is 17.6. The van der Waals surface area contributed by atoms with Crippen LogP contribution in [0.2, 0.25) is 0 Å². The topological polar surface area (TPSA) is 112 Å². The van der Waals surface area contributed by atoms with Crippen LogP contribution in [0.4, 0.5) is 0 Å². The molecule has 0 aliphatic rings. The molecule has 6 nitrogen and oxygen atoms in total. The molecule has 2 atom stereocenters. The number of carbonyl (C=O) groups is 2. The molecule has 7 heteroatoms. The summed E-state index contributed by atoms with van der Waals surface area (Å²) < 4.78 is 11.9. The molecule has 0 radical (unpaired) electrons. The molecule has 116 valence electrons. The standard InChI is InChI=1S/C13H23O6P/c1-9(2)7-20(18,19)8-11(13(16)17)6-10(3)4-5-12(14)15/h6,9-10H,4-5,7-8H2,1-3H3,(H,14,15)(H,16,17)(H,18,19). The molecule has 0 amide bonds. The van der Waals surface area contributed by atoms with Gasteiger partial charge in [0.15, 0.2) is 0 Å². The molecule has 0 aromatic carbocycles. The van der Waals surface area contributed by atoms with Crippen LogP contribution >= 0.6 is 7.37 Å². The summed E-state index contributed by atoms with van der Waals surface area (Å²) in [6.45, 7) is 5.28. The van der Waals surface area contributed by atoms with E-state index in [-0.39, 0.29) is 36.2 Å². The zero-order chi connectivity index (χ0) is 15.9. The quantitative estimate of drug-likeness (QED) is 0.445. The fourth-order valence-corrected chi connectivity index (χ4v) is 3.91. The number of carboxylic acids is 2. The molecule has 0 heterocycles. The van der Waals surface area contributed by atoms with Crippen molar-refractivity contribution >= 4 is 19.3 Å². The third-order valence-corrected chi connectivity index (χ3v) is 4.78. The van der Waals surface area contributed by atoms with Gasteiger partial charge in [-0.15, -0.1) is 0 Å². The molecule has 0 aliphatic carbocycles. The van der Waals surface area contributed by atoms with Crippen LogP contribution < -0.4 is 0 Å². The van der Waals surface area contributed by atoms with E-state index in [2.05, 4.69) is 0 Å². The third kappa shape index (κ3) is 8.88. The predicted molar refractivity (Wildman–Crippen MR) is 76.1 cm³/mol. The van der Waals surface area contributed by atoms with Gasteiger partial charge in [0.1, 0.15) is 0 Å². The van der Waals surface area contributed by atoms with Gasteiger partial charge in [-0.05, 0) is 18.3 Å². The van der Waals surface area contributed by atoms with Gasteiger partial charge in [0.2, 0.25) is 7.37 Å². The first-order valence-corrected chi connectivity index (χ1v) is 8.53. The molecule has 0 fully saturated rings. The second kappa shape index (κ2) is 8.22. The monoisotopic (exact) mass is 306 g/mol. The van der Waals surface area contributed by atoms with Crippen LogP contribution in [0.5, 0.6) is 0 Å². The molecule has 0 bridgehead atoms. The highest BCUT2D eigenvalue weighted by Crippen LogP contribution is 2.44. The smallest absolute Gasteiger partial charge is 0.331 e. The van der Waals surface area contributed by atoms with Crippen molar-refractivity contribution in [3.8, 4) is 0 Å². The molecule has 0 rings (SSSR count). The number of hydrogen-bond donors (Lipinski definition) is 3. The van der Waals surface area contributed by atoms with Gasteiger partial charge in [0, 0.05) is 18.2 Å². The first-order valence-electron chi connectivity index (χ1n) is 6.50. The first kappa shape index (κ1) is 18.9. The third-order valence-electron chi connectivity index (χ3n) is 2.64. The minimum Gasteiger partial charge on any atom is -0.481 e. The Morgan fingerprint density at radius 1 is 1.20 bits per heavy atom. The normalized spacial score (nSPS) is 16.8. The highest BCUT2D eigenvalue weighted by molar-refractivity contribution is 7.58. The Kier molecular flexibility index (Phi) is 7.76. The SMILES string of the molecule is CC(C)CP(=O)(O)CC(=CC(C)CCC(=O)O)C(=O)O. The Labute approximate surface area is 119 Å². The van der Waals surface area contributed by atoms with Gasteiger partial charge in [-0.2, -0.15) is 0 Å². The van der Waals surface area contributed by atoms with Crippen molar-refractivity contribution in [2.24, 2.45) is 11.8 Å². The molecule has 3 N–H and O–H groups in total. The summed E-state index contributed by atoms with van der Waals surface area (Å²) in [5.41, 5.74) is -0.116. The lowest BCUT2D eigenvalue weighted by Crippen LogP contribution is -2.11. The predicted octanol–water partition coefficient (Wildman–Crippen LogP) is 2.42. The Morgan fingerprint density at radius 2 is 1.75 bits per heavy atom. The van der Waals surface area contributed by atoms with Gasteiger partial charge in [-0.3, -0.25) is 9.36 Å². The maximum absolute atomic E-state index is 11.9. The van der Waals surface area contributed by atoms with E-state index in [4.69, 9.17) is 10.2 Å². The first-order chi connectivity index (χ1) is 9.03. The van der Waals surface area contributed by atoms with Crippen molar-refractivity contribution in [1.29, 1.82) is 0 Å². The van der Waals surface area contributed by atoms with Crippen molar-refractivity contribution < 1.29 is 29.3 Å². The van der Waals surface area contributed by atoms with Gasteiger partial charge >= 0.3 is 11.9 Å². The van der Waals surface area contributed by atoms with Crippen LogP contribution in [-0.4, -0.2) is 39.4 Å². The van der Waals surface area contributed by atoms with Gasteiger partial charge < -0.3 is 15.1 Å². The highest BCUT2D eigenvalue weighted by Gasteiger charge is 2.25. The fourth-order valence-electron chi connectivity index (χ4n) is 1.87. The van der Waals surface area contributed by atoms with Crippen LogP contribution in [0, 0.1) is 11.8 Å². The van der Waals surface area contributed by atoms with Crippen molar-refractivity contribution in [2.45, 2.75) is 33.6 Å². The maximum atomic E-state index is 11.9. The number of rotatable bonds is 9. The summed E-state index contributed by atoms with van der Waals surface area (Å²) >= 11 is 0. The zero-order valence-corrected chi connectivity index (χ0v) is 13.0. The summed E-state index contributed by atoms with van der Waals surface area (Å²) in [6, 6.07) is 0. The van der Waals surface area contributed by atoms with E-state index in [9.17, 15) is 19.0 Å². The van der Waals surface area contributed by atoms with Crippen molar-refractivity contribution in [3.05, 3.63) is 11.6 Å². The molecule has 0 aliphatic heterocycles.